The van der Waals surface area contributed by atoms with E-state index in [2.05, 4.69) is 9.88 Å². The number of ether oxygens (including phenoxy) is 1. The van der Waals surface area contributed by atoms with E-state index in [4.69, 9.17) is 4.74 Å². The van der Waals surface area contributed by atoms with Crippen molar-refractivity contribution in [2.24, 2.45) is 0 Å². The van der Waals surface area contributed by atoms with Crippen LogP contribution in [0, 0.1) is 6.92 Å². The first-order valence-corrected chi connectivity index (χ1v) is 13.9. The molecule has 0 saturated carbocycles. The Balaban J connectivity index is 1.72. The lowest BCUT2D eigenvalue weighted by atomic mass is 10.2. The van der Waals surface area contributed by atoms with Gasteiger partial charge in [-0.1, -0.05) is 29.0 Å². The molecule has 0 fully saturated rings. The van der Waals surface area contributed by atoms with Gasteiger partial charge in [-0.3, -0.25) is 9.69 Å². The molecule has 3 rings (SSSR count). The van der Waals surface area contributed by atoms with E-state index >= 15 is 0 Å². The van der Waals surface area contributed by atoms with Gasteiger partial charge in [0.2, 0.25) is 5.91 Å². The molecule has 0 aliphatic heterocycles. The molecule has 3 aromatic rings. The smallest absolute Gasteiger partial charge is 0.228 e. The van der Waals surface area contributed by atoms with Crippen molar-refractivity contribution in [3.05, 3.63) is 48.0 Å². The number of hydrogen-bond donors (Lipinski definition) is 0. The fraction of sp³-hybridized carbons (Fsp3) is 0.440. The van der Waals surface area contributed by atoms with Crippen LogP contribution in [-0.4, -0.2) is 63.8 Å². The van der Waals surface area contributed by atoms with Crippen molar-refractivity contribution in [1.29, 1.82) is 0 Å². The summed E-state index contributed by atoms with van der Waals surface area (Å²) in [7, 11) is 0.564. The molecule has 0 saturated heterocycles. The molecule has 0 bridgehead atoms. The molecule has 0 atom stereocenters. The lowest BCUT2D eigenvalue weighted by Crippen LogP contribution is -2.33. The largest absolute Gasteiger partial charge is 0.494 e. The van der Waals surface area contributed by atoms with E-state index in [0.717, 1.165) is 34.5 Å². The highest BCUT2D eigenvalue weighted by Gasteiger charge is 2.21. The number of aryl methyl sites for hydroxylation is 1. The van der Waals surface area contributed by atoms with Crippen molar-refractivity contribution >= 4 is 42.4 Å². The lowest BCUT2D eigenvalue weighted by Gasteiger charge is -2.21. The summed E-state index contributed by atoms with van der Waals surface area (Å²) in [5.41, 5.74) is 1.82. The molecule has 0 aliphatic carbocycles. The van der Waals surface area contributed by atoms with Gasteiger partial charge >= 0.3 is 0 Å². The van der Waals surface area contributed by atoms with E-state index in [1.54, 1.807) is 29.2 Å². The number of rotatable bonds is 12. The van der Waals surface area contributed by atoms with Crippen molar-refractivity contribution in [1.82, 2.24) is 9.88 Å². The number of aromatic nitrogens is 1. The van der Waals surface area contributed by atoms with Crippen LogP contribution in [0.5, 0.6) is 5.75 Å². The maximum absolute atomic E-state index is 13.2. The quantitative estimate of drug-likeness (QED) is 0.361. The first-order chi connectivity index (χ1) is 16.2. The van der Waals surface area contributed by atoms with Crippen molar-refractivity contribution < 1.29 is 17.9 Å². The Morgan fingerprint density at radius 1 is 1.06 bits per heavy atom. The molecular weight excluding hydrogens is 470 g/mol. The number of nitrogens with zero attached hydrogens (tertiary/aromatic N) is 3. The van der Waals surface area contributed by atoms with Crippen LogP contribution in [0.4, 0.5) is 5.13 Å². The van der Waals surface area contributed by atoms with Gasteiger partial charge in [-0.25, -0.2) is 13.4 Å². The van der Waals surface area contributed by atoms with Crippen LogP contribution in [-0.2, 0) is 14.6 Å². The number of sulfone groups is 1. The predicted octanol–water partition coefficient (Wildman–Crippen LogP) is 4.54. The second-order valence-electron chi connectivity index (χ2n) is 8.50. The van der Waals surface area contributed by atoms with Gasteiger partial charge in [0, 0.05) is 13.0 Å². The van der Waals surface area contributed by atoms with Gasteiger partial charge in [0.25, 0.3) is 0 Å². The second-order valence-corrected chi connectivity index (χ2v) is 11.6. The average Bonchev–Trinajstić information content (AvgIpc) is 3.19. The molecule has 2 aromatic carbocycles. The number of carbonyl (C=O) groups is 1. The number of amides is 1. The molecule has 9 heteroatoms. The number of carbonyl (C=O) groups excluding carboxylic acids is 1. The van der Waals surface area contributed by atoms with E-state index in [1.165, 1.54) is 11.3 Å². The zero-order chi connectivity index (χ0) is 24.7. The van der Waals surface area contributed by atoms with Crippen LogP contribution in [0.15, 0.2) is 47.4 Å². The summed E-state index contributed by atoms with van der Waals surface area (Å²) >= 11 is 1.45. The molecule has 7 nitrogen and oxygen atoms in total. The van der Waals surface area contributed by atoms with Gasteiger partial charge < -0.3 is 9.64 Å². The van der Waals surface area contributed by atoms with E-state index in [-0.39, 0.29) is 24.5 Å². The lowest BCUT2D eigenvalue weighted by molar-refractivity contribution is -0.118. The Morgan fingerprint density at radius 3 is 2.47 bits per heavy atom. The summed E-state index contributed by atoms with van der Waals surface area (Å²) in [5.74, 6) is 0.601. The van der Waals surface area contributed by atoms with Crippen molar-refractivity contribution in [2.45, 2.75) is 38.0 Å². The minimum atomic E-state index is -3.43. The average molecular weight is 504 g/mol. The first-order valence-electron chi connectivity index (χ1n) is 11.5. The zero-order valence-electron chi connectivity index (χ0n) is 20.3. The Labute approximate surface area is 206 Å². The predicted molar refractivity (Wildman–Crippen MR) is 139 cm³/mol. The van der Waals surface area contributed by atoms with Gasteiger partial charge in [-0.15, -0.1) is 0 Å². The van der Waals surface area contributed by atoms with Crippen LogP contribution < -0.4 is 9.64 Å². The molecule has 0 spiro atoms. The number of thiazole rings is 1. The number of anilines is 1. The van der Waals surface area contributed by atoms with Crippen LogP contribution in [0.3, 0.4) is 0 Å². The number of fused-ring (bicyclic) bond motifs is 1. The molecule has 0 N–H and O–H groups in total. The highest BCUT2D eigenvalue weighted by Crippen LogP contribution is 2.32. The molecule has 184 valence electrons. The molecule has 1 aromatic heterocycles. The molecule has 0 aliphatic rings. The molecule has 1 heterocycles. The fourth-order valence-corrected chi connectivity index (χ4v) is 5.90. The third kappa shape index (κ3) is 7.01. The van der Waals surface area contributed by atoms with E-state index < -0.39 is 9.84 Å². The summed E-state index contributed by atoms with van der Waals surface area (Å²) < 4.78 is 31.9. The number of hydrogen-bond acceptors (Lipinski definition) is 7. The molecular formula is C25H33N3O4S2. The molecule has 34 heavy (non-hydrogen) atoms. The van der Waals surface area contributed by atoms with Gasteiger partial charge in [0.05, 0.1) is 27.5 Å². The van der Waals surface area contributed by atoms with Gasteiger partial charge in [-0.2, -0.15) is 0 Å². The number of benzene rings is 2. The van der Waals surface area contributed by atoms with Crippen LogP contribution >= 0.6 is 11.3 Å². The normalized spacial score (nSPS) is 11.8. The summed E-state index contributed by atoms with van der Waals surface area (Å²) in [4.78, 5) is 21.9. The summed E-state index contributed by atoms with van der Waals surface area (Å²) in [6.45, 7) is 5.80. The maximum atomic E-state index is 13.2. The second kappa shape index (κ2) is 11.8. The standard InChI is InChI=1S/C25H33N3O4S2/c1-5-32-20-11-14-22-23(18-20)33-25(26-22)28(16-7-15-27(3)4)24(29)8-6-17-34(30,31)21-12-9-19(2)10-13-21/h9-14,18H,5-8,15-17H2,1-4H3. The third-order valence-electron chi connectivity index (χ3n) is 5.36. The minimum absolute atomic E-state index is 0.0646. The molecule has 1 amide bonds. The van der Waals surface area contributed by atoms with Gasteiger partial charge in [0.15, 0.2) is 15.0 Å². The first kappa shape index (κ1) is 26.1. The van der Waals surface area contributed by atoms with Gasteiger partial charge in [0.1, 0.15) is 5.75 Å². The van der Waals surface area contributed by atoms with Crippen LogP contribution in [0.25, 0.3) is 10.2 Å². The Morgan fingerprint density at radius 2 is 1.79 bits per heavy atom. The van der Waals surface area contributed by atoms with Gasteiger partial charge in [-0.05, 0) is 77.7 Å². The Bertz CT molecular complexity index is 1200. The van der Waals surface area contributed by atoms with E-state index in [1.807, 2.05) is 46.1 Å². The summed E-state index contributed by atoms with van der Waals surface area (Å²) in [6.07, 6.45) is 1.20. The monoisotopic (exact) mass is 503 g/mol. The van der Waals surface area contributed by atoms with Crippen molar-refractivity contribution in [3.63, 3.8) is 0 Å². The van der Waals surface area contributed by atoms with E-state index in [0.29, 0.717) is 23.2 Å². The summed E-state index contributed by atoms with van der Waals surface area (Å²) in [6, 6.07) is 12.5. The minimum Gasteiger partial charge on any atom is -0.494 e. The topological polar surface area (TPSA) is 79.8 Å². The fourth-order valence-electron chi connectivity index (χ4n) is 3.55. The maximum Gasteiger partial charge on any atom is 0.228 e. The Hall–Kier alpha value is -2.49. The third-order valence-corrected chi connectivity index (χ3v) is 8.22. The molecule has 0 unspecified atom stereocenters. The summed E-state index contributed by atoms with van der Waals surface area (Å²) in [5, 5.41) is 0.633. The van der Waals surface area contributed by atoms with Crippen molar-refractivity contribution in [3.8, 4) is 5.75 Å². The van der Waals surface area contributed by atoms with Crippen molar-refractivity contribution in [2.75, 3.05) is 44.4 Å². The molecule has 0 radical (unpaired) electrons. The van der Waals surface area contributed by atoms with Crippen LogP contribution in [0.1, 0.15) is 31.7 Å². The SMILES string of the molecule is CCOc1ccc2nc(N(CCCN(C)C)C(=O)CCCS(=O)(=O)c3ccc(C)cc3)sc2c1. The zero-order valence-corrected chi connectivity index (χ0v) is 21.9. The van der Waals surface area contributed by atoms with Crippen LogP contribution in [0.2, 0.25) is 0 Å². The van der Waals surface area contributed by atoms with E-state index in [9.17, 15) is 13.2 Å². The Kier molecular flexibility index (Phi) is 9.04. The highest BCUT2D eigenvalue weighted by atomic mass is 32.2. The highest BCUT2D eigenvalue weighted by molar-refractivity contribution is 7.91.